The molecule has 0 spiro atoms. The van der Waals surface area contributed by atoms with Gasteiger partial charge in [0.25, 0.3) is 0 Å². The molecular formula is C10H20O3. The minimum absolute atomic E-state index is 0.0324. The highest BCUT2D eigenvalue weighted by Gasteiger charge is 2.37. The van der Waals surface area contributed by atoms with E-state index in [1.165, 1.54) is 0 Å². The van der Waals surface area contributed by atoms with Gasteiger partial charge in [0.15, 0.2) is 5.79 Å². The smallest absolute Gasteiger partial charge is 0.163 e. The molecular weight excluding hydrogens is 168 g/mol. The van der Waals surface area contributed by atoms with Gasteiger partial charge in [0.2, 0.25) is 0 Å². The molecule has 78 valence electrons. The fourth-order valence-electron chi connectivity index (χ4n) is 1.59. The number of rotatable bonds is 3. The molecule has 3 nitrogen and oxygen atoms in total. The molecule has 1 saturated heterocycles. The Balaban J connectivity index is 2.46. The summed E-state index contributed by atoms with van der Waals surface area (Å²) in [4.78, 5) is 0. The van der Waals surface area contributed by atoms with Crippen LogP contribution in [0.1, 0.15) is 34.1 Å². The van der Waals surface area contributed by atoms with Crippen molar-refractivity contribution in [2.45, 2.75) is 52.1 Å². The van der Waals surface area contributed by atoms with Gasteiger partial charge in [-0.05, 0) is 20.3 Å². The van der Waals surface area contributed by atoms with E-state index in [0.29, 0.717) is 6.61 Å². The molecule has 0 aromatic carbocycles. The second-order valence-electron chi connectivity index (χ2n) is 4.20. The van der Waals surface area contributed by atoms with Crippen molar-refractivity contribution in [3.8, 4) is 0 Å². The van der Waals surface area contributed by atoms with E-state index in [-0.39, 0.29) is 18.1 Å². The largest absolute Gasteiger partial charge is 0.393 e. The van der Waals surface area contributed by atoms with Crippen molar-refractivity contribution in [2.24, 2.45) is 5.92 Å². The van der Waals surface area contributed by atoms with Crippen molar-refractivity contribution in [1.29, 1.82) is 0 Å². The molecule has 0 aromatic heterocycles. The molecule has 0 radical (unpaired) electrons. The third kappa shape index (κ3) is 2.66. The molecule has 0 aliphatic carbocycles. The zero-order valence-electron chi connectivity index (χ0n) is 8.91. The molecule has 0 bridgehead atoms. The Morgan fingerprint density at radius 2 is 2.15 bits per heavy atom. The van der Waals surface area contributed by atoms with Gasteiger partial charge in [-0.15, -0.1) is 0 Å². The molecule has 1 fully saturated rings. The molecule has 1 N–H and O–H groups in total. The molecule has 1 aliphatic rings. The summed E-state index contributed by atoms with van der Waals surface area (Å²) < 4.78 is 11.1. The van der Waals surface area contributed by atoms with E-state index < -0.39 is 5.79 Å². The SMILES string of the molecule is CCC(O)[C@H](C)C1COC(C)(C)O1. The maximum atomic E-state index is 9.62. The molecule has 3 atom stereocenters. The van der Waals surface area contributed by atoms with Crippen LogP contribution in [0.15, 0.2) is 0 Å². The van der Waals surface area contributed by atoms with Crippen molar-refractivity contribution >= 4 is 0 Å². The highest BCUT2D eigenvalue weighted by Crippen LogP contribution is 2.28. The van der Waals surface area contributed by atoms with E-state index in [1.54, 1.807) is 0 Å². The third-order valence-corrected chi connectivity index (χ3v) is 2.64. The van der Waals surface area contributed by atoms with Gasteiger partial charge in [-0.2, -0.15) is 0 Å². The summed E-state index contributed by atoms with van der Waals surface area (Å²) in [5.74, 6) is -0.335. The van der Waals surface area contributed by atoms with Crippen LogP contribution in [0.25, 0.3) is 0 Å². The van der Waals surface area contributed by atoms with E-state index in [0.717, 1.165) is 6.42 Å². The predicted octanol–water partition coefficient (Wildman–Crippen LogP) is 1.54. The highest BCUT2D eigenvalue weighted by atomic mass is 16.7. The summed E-state index contributed by atoms with van der Waals surface area (Å²) >= 11 is 0. The van der Waals surface area contributed by atoms with Gasteiger partial charge in [-0.25, -0.2) is 0 Å². The number of hydrogen-bond acceptors (Lipinski definition) is 3. The molecule has 13 heavy (non-hydrogen) atoms. The summed E-state index contributed by atoms with van der Waals surface area (Å²) in [6.45, 7) is 8.37. The molecule has 3 heteroatoms. The summed E-state index contributed by atoms with van der Waals surface area (Å²) in [7, 11) is 0. The lowest BCUT2D eigenvalue weighted by Crippen LogP contribution is -2.32. The average molecular weight is 188 g/mol. The maximum absolute atomic E-state index is 9.62. The van der Waals surface area contributed by atoms with Crippen molar-refractivity contribution < 1.29 is 14.6 Å². The first-order valence-electron chi connectivity index (χ1n) is 4.96. The van der Waals surface area contributed by atoms with Crippen molar-refractivity contribution in [3.63, 3.8) is 0 Å². The summed E-state index contributed by atoms with van der Waals surface area (Å²) in [6.07, 6.45) is 0.508. The number of hydrogen-bond donors (Lipinski definition) is 1. The fourth-order valence-corrected chi connectivity index (χ4v) is 1.59. The van der Waals surface area contributed by atoms with Crippen molar-refractivity contribution in [3.05, 3.63) is 0 Å². The Labute approximate surface area is 80.0 Å². The normalized spacial score (nSPS) is 31.6. The van der Waals surface area contributed by atoms with Gasteiger partial charge in [0.05, 0.1) is 18.8 Å². The van der Waals surface area contributed by atoms with Crippen LogP contribution in [-0.2, 0) is 9.47 Å². The summed E-state index contributed by atoms with van der Waals surface area (Å²) in [6, 6.07) is 0. The third-order valence-electron chi connectivity index (χ3n) is 2.64. The second kappa shape index (κ2) is 3.95. The Hall–Kier alpha value is -0.120. The molecule has 1 heterocycles. The van der Waals surface area contributed by atoms with Gasteiger partial charge < -0.3 is 14.6 Å². The van der Waals surface area contributed by atoms with E-state index in [4.69, 9.17) is 9.47 Å². The predicted molar refractivity (Wildman–Crippen MR) is 50.4 cm³/mol. The van der Waals surface area contributed by atoms with E-state index >= 15 is 0 Å². The van der Waals surface area contributed by atoms with Crippen LogP contribution < -0.4 is 0 Å². The Bertz CT molecular complexity index is 168. The van der Waals surface area contributed by atoms with Gasteiger partial charge >= 0.3 is 0 Å². The van der Waals surface area contributed by atoms with Gasteiger partial charge in [0.1, 0.15) is 0 Å². The lowest BCUT2D eigenvalue weighted by Gasteiger charge is -2.24. The van der Waals surface area contributed by atoms with E-state index in [9.17, 15) is 5.11 Å². The van der Waals surface area contributed by atoms with Crippen LogP contribution in [-0.4, -0.2) is 29.7 Å². The second-order valence-corrected chi connectivity index (χ2v) is 4.20. The zero-order chi connectivity index (χ0) is 10.1. The lowest BCUT2D eigenvalue weighted by molar-refractivity contribution is -0.148. The maximum Gasteiger partial charge on any atom is 0.163 e. The minimum Gasteiger partial charge on any atom is -0.393 e. The quantitative estimate of drug-likeness (QED) is 0.730. The first kappa shape index (κ1) is 11.0. The highest BCUT2D eigenvalue weighted by molar-refractivity contribution is 4.79. The Morgan fingerprint density at radius 1 is 1.54 bits per heavy atom. The first-order valence-corrected chi connectivity index (χ1v) is 4.96. The van der Waals surface area contributed by atoms with Crippen LogP contribution in [0.5, 0.6) is 0 Å². The van der Waals surface area contributed by atoms with Crippen LogP contribution in [0.3, 0.4) is 0 Å². The summed E-state index contributed by atoms with van der Waals surface area (Å²) in [5, 5.41) is 9.62. The van der Waals surface area contributed by atoms with Gasteiger partial charge in [-0.1, -0.05) is 13.8 Å². The molecule has 1 aliphatic heterocycles. The van der Waals surface area contributed by atoms with E-state index in [1.807, 2.05) is 27.7 Å². The monoisotopic (exact) mass is 188 g/mol. The minimum atomic E-state index is -0.480. The van der Waals surface area contributed by atoms with Crippen LogP contribution in [0.2, 0.25) is 0 Å². The molecule has 0 aromatic rings. The van der Waals surface area contributed by atoms with Crippen LogP contribution >= 0.6 is 0 Å². The zero-order valence-corrected chi connectivity index (χ0v) is 8.91. The number of aliphatic hydroxyl groups excluding tert-OH is 1. The molecule has 2 unspecified atom stereocenters. The summed E-state index contributed by atoms with van der Waals surface area (Å²) in [5.41, 5.74) is 0. The van der Waals surface area contributed by atoms with Gasteiger partial charge in [-0.3, -0.25) is 0 Å². The van der Waals surface area contributed by atoms with Crippen LogP contribution in [0.4, 0.5) is 0 Å². The Morgan fingerprint density at radius 3 is 2.54 bits per heavy atom. The van der Waals surface area contributed by atoms with Crippen molar-refractivity contribution in [1.82, 2.24) is 0 Å². The number of ether oxygens (including phenoxy) is 2. The molecule has 0 saturated carbocycles. The molecule has 1 rings (SSSR count). The first-order chi connectivity index (χ1) is 5.96. The molecule has 0 amide bonds. The topological polar surface area (TPSA) is 38.7 Å². The number of aliphatic hydroxyl groups is 1. The standard InChI is InChI=1S/C10H20O3/c1-5-8(11)7(2)9-6-12-10(3,4)13-9/h7-9,11H,5-6H2,1-4H3/t7-,8?,9?/m0/s1. The van der Waals surface area contributed by atoms with Crippen molar-refractivity contribution in [2.75, 3.05) is 6.61 Å². The van der Waals surface area contributed by atoms with Gasteiger partial charge in [0, 0.05) is 5.92 Å². The Kier molecular flexibility index (Phi) is 3.33. The fraction of sp³-hybridized carbons (Fsp3) is 1.00. The average Bonchev–Trinajstić information content (AvgIpc) is 2.43. The van der Waals surface area contributed by atoms with E-state index in [2.05, 4.69) is 0 Å². The van der Waals surface area contributed by atoms with Crippen LogP contribution in [0, 0.1) is 5.92 Å². The lowest BCUT2D eigenvalue weighted by atomic mass is 9.97.